The lowest BCUT2D eigenvalue weighted by molar-refractivity contribution is -0.0441. The molecule has 1 aliphatic rings. The van der Waals surface area contributed by atoms with Crippen molar-refractivity contribution in [2.45, 2.75) is 13.2 Å². The molecule has 3 rings (SSSR count). The zero-order valence-corrected chi connectivity index (χ0v) is 10.4. The summed E-state index contributed by atoms with van der Waals surface area (Å²) in [5.41, 5.74) is 4.83. The van der Waals surface area contributed by atoms with Gasteiger partial charge in [0.15, 0.2) is 6.29 Å². The molecule has 0 aromatic heterocycles. The topological polar surface area (TPSA) is 18.5 Å². The molecule has 2 aromatic carbocycles. The number of hydrogen-bond donors (Lipinski definition) is 0. The van der Waals surface area contributed by atoms with Gasteiger partial charge in [0.25, 0.3) is 0 Å². The highest BCUT2D eigenvalue weighted by Crippen LogP contribution is 2.26. The number of ether oxygens (including phenoxy) is 2. The summed E-state index contributed by atoms with van der Waals surface area (Å²) in [6, 6.07) is 16.9. The van der Waals surface area contributed by atoms with Crippen molar-refractivity contribution in [3.63, 3.8) is 0 Å². The van der Waals surface area contributed by atoms with E-state index in [9.17, 15) is 0 Å². The Kier molecular flexibility index (Phi) is 3.13. The summed E-state index contributed by atoms with van der Waals surface area (Å²) >= 11 is 0. The molecule has 1 heterocycles. The van der Waals surface area contributed by atoms with E-state index in [1.54, 1.807) is 0 Å². The van der Waals surface area contributed by atoms with E-state index in [1.165, 1.54) is 16.7 Å². The van der Waals surface area contributed by atoms with Gasteiger partial charge in [-0.15, -0.1) is 0 Å². The fraction of sp³-hybridized carbons (Fsp3) is 0.250. The Hall–Kier alpha value is -1.64. The first-order valence-electron chi connectivity index (χ1n) is 6.23. The van der Waals surface area contributed by atoms with E-state index in [0.29, 0.717) is 13.2 Å². The molecule has 0 saturated carbocycles. The van der Waals surface area contributed by atoms with Crippen LogP contribution < -0.4 is 0 Å². The lowest BCUT2D eigenvalue weighted by Crippen LogP contribution is -1.97. The van der Waals surface area contributed by atoms with Gasteiger partial charge in [0.1, 0.15) is 0 Å². The zero-order valence-electron chi connectivity index (χ0n) is 10.4. The maximum atomic E-state index is 5.48. The maximum Gasteiger partial charge on any atom is 0.184 e. The van der Waals surface area contributed by atoms with Crippen molar-refractivity contribution < 1.29 is 9.47 Å². The van der Waals surface area contributed by atoms with Crippen molar-refractivity contribution in [2.24, 2.45) is 0 Å². The minimum absolute atomic E-state index is 0.184. The Labute approximate surface area is 107 Å². The van der Waals surface area contributed by atoms with Crippen LogP contribution in [0.2, 0.25) is 0 Å². The molecule has 18 heavy (non-hydrogen) atoms. The number of hydrogen-bond acceptors (Lipinski definition) is 2. The van der Waals surface area contributed by atoms with E-state index in [0.717, 1.165) is 5.56 Å². The molecule has 0 spiro atoms. The van der Waals surface area contributed by atoms with Crippen molar-refractivity contribution in [3.8, 4) is 11.1 Å². The van der Waals surface area contributed by atoms with Gasteiger partial charge in [0.2, 0.25) is 0 Å². The average Bonchev–Trinajstić information content (AvgIpc) is 2.93. The molecule has 0 atom stereocenters. The molecule has 1 fully saturated rings. The summed E-state index contributed by atoms with van der Waals surface area (Å²) in [4.78, 5) is 0. The number of aryl methyl sites for hydroxylation is 1. The third-order valence-electron chi connectivity index (χ3n) is 3.16. The first-order chi connectivity index (χ1) is 8.83. The molecule has 92 valence electrons. The van der Waals surface area contributed by atoms with Gasteiger partial charge < -0.3 is 9.47 Å². The van der Waals surface area contributed by atoms with Gasteiger partial charge in [0, 0.05) is 5.56 Å². The van der Waals surface area contributed by atoms with Crippen LogP contribution in [-0.2, 0) is 9.47 Å². The molecule has 0 radical (unpaired) electrons. The second-order valence-corrected chi connectivity index (χ2v) is 4.56. The lowest BCUT2D eigenvalue weighted by Gasteiger charge is -2.10. The van der Waals surface area contributed by atoms with Crippen LogP contribution in [0.4, 0.5) is 0 Å². The Morgan fingerprint density at radius 3 is 2.28 bits per heavy atom. The van der Waals surface area contributed by atoms with Crippen LogP contribution in [0.5, 0.6) is 0 Å². The molecule has 2 nitrogen and oxygen atoms in total. The molecule has 1 saturated heterocycles. The first kappa shape index (κ1) is 11.5. The highest BCUT2D eigenvalue weighted by Gasteiger charge is 2.17. The fourth-order valence-corrected chi connectivity index (χ4v) is 2.21. The highest BCUT2D eigenvalue weighted by atomic mass is 16.7. The molecule has 2 heteroatoms. The summed E-state index contributed by atoms with van der Waals surface area (Å²) in [6.45, 7) is 3.48. The maximum absolute atomic E-state index is 5.48. The molecular formula is C16H16O2. The van der Waals surface area contributed by atoms with E-state index in [-0.39, 0.29) is 6.29 Å². The summed E-state index contributed by atoms with van der Waals surface area (Å²) in [5, 5.41) is 0. The minimum atomic E-state index is -0.184. The monoisotopic (exact) mass is 240 g/mol. The predicted octanol–water partition coefficient (Wildman–Crippen LogP) is 3.71. The van der Waals surface area contributed by atoms with Gasteiger partial charge in [-0.3, -0.25) is 0 Å². The molecule has 0 amide bonds. The Bertz CT molecular complexity index is 525. The molecule has 2 aromatic rings. The van der Waals surface area contributed by atoms with Crippen molar-refractivity contribution >= 4 is 0 Å². The highest BCUT2D eigenvalue weighted by molar-refractivity contribution is 5.64. The predicted molar refractivity (Wildman–Crippen MR) is 71.3 cm³/mol. The zero-order chi connectivity index (χ0) is 12.4. The van der Waals surface area contributed by atoms with Crippen LogP contribution >= 0.6 is 0 Å². The van der Waals surface area contributed by atoms with E-state index in [1.807, 2.05) is 0 Å². The van der Waals surface area contributed by atoms with E-state index >= 15 is 0 Å². The Balaban J connectivity index is 1.86. The van der Waals surface area contributed by atoms with E-state index in [4.69, 9.17) is 9.47 Å². The summed E-state index contributed by atoms with van der Waals surface area (Å²) in [5.74, 6) is 0. The fourth-order valence-electron chi connectivity index (χ4n) is 2.21. The van der Waals surface area contributed by atoms with Crippen LogP contribution in [0, 0.1) is 6.92 Å². The Morgan fingerprint density at radius 2 is 1.61 bits per heavy atom. The molecule has 0 bridgehead atoms. The summed E-state index contributed by atoms with van der Waals surface area (Å²) < 4.78 is 11.0. The van der Waals surface area contributed by atoms with Crippen LogP contribution in [0.25, 0.3) is 11.1 Å². The van der Waals surface area contributed by atoms with Crippen molar-refractivity contribution in [2.75, 3.05) is 13.2 Å². The van der Waals surface area contributed by atoms with Gasteiger partial charge in [-0.2, -0.15) is 0 Å². The largest absolute Gasteiger partial charge is 0.346 e. The molecule has 1 aliphatic heterocycles. The molecule has 0 aliphatic carbocycles. The third-order valence-corrected chi connectivity index (χ3v) is 3.16. The van der Waals surface area contributed by atoms with E-state index < -0.39 is 0 Å². The normalized spacial score (nSPS) is 16.1. The van der Waals surface area contributed by atoms with Crippen molar-refractivity contribution in [1.82, 2.24) is 0 Å². The van der Waals surface area contributed by atoms with Crippen molar-refractivity contribution in [3.05, 3.63) is 59.7 Å². The molecular weight excluding hydrogens is 224 g/mol. The lowest BCUT2D eigenvalue weighted by atomic mass is 10.0. The third kappa shape index (κ3) is 2.30. The van der Waals surface area contributed by atoms with Gasteiger partial charge in [-0.1, -0.05) is 54.1 Å². The van der Waals surface area contributed by atoms with Crippen LogP contribution in [0.1, 0.15) is 17.4 Å². The molecule has 0 unspecified atom stereocenters. The number of rotatable bonds is 2. The minimum Gasteiger partial charge on any atom is -0.346 e. The van der Waals surface area contributed by atoms with Gasteiger partial charge in [-0.05, 0) is 18.1 Å². The van der Waals surface area contributed by atoms with Crippen LogP contribution in [0.15, 0.2) is 48.5 Å². The summed E-state index contributed by atoms with van der Waals surface area (Å²) in [7, 11) is 0. The second-order valence-electron chi connectivity index (χ2n) is 4.56. The van der Waals surface area contributed by atoms with Gasteiger partial charge in [-0.25, -0.2) is 0 Å². The average molecular weight is 240 g/mol. The summed E-state index contributed by atoms with van der Waals surface area (Å²) in [6.07, 6.45) is -0.184. The second kappa shape index (κ2) is 4.92. The smallest absolute Gasteiger partial charge is 0.184 e. The SMILES string of the molecule is Cc1cccc(-c2ccc(C3OCCO3)cc2)c1. The number of benzene rings is 2. The van der Waals surface area contributed by atoms with E-state index in [2.05, 4.69) is 55.5 Å². The van der Waals surface area contributed by atoms with Crippen LogP contribution in [-0.4, -0.2) is 13.2 Å². The van der Waals surface area contributed by atoms with Gasteiger partial charge >= 0.3 is 0 Å². The molecule has 0 N–H and O–H groups in total. The quantitative estimate of drug-likeness (QED) is 0.796. The van der Waals surface area contributed by atoms with Gasteiger partial charge in [0.05, 0.1) is 13.2 Å². The first-order valence-corrected chi connectivity index (χ1v) is 6.23. The van der Waals surface area contributed by atoms with Crippen molar-refractivity contribution in [1.29, 1.82) is 0 Å². The Morgan fingerprint density at radius 1 is 0.889 bits per heavy atom. The van der Waals surface area contributed by atoms with Crippen LogP contribution in [0.3, 0.4) is 0 Å². The standard InChI is InChI=1S/C16H16O2/c1-12-3-2-4-15(11-12)13-5-7-14(8-6-13)16-17-9-10-18-16/h2-8,11,16H,9-10H2,1H3.